The first-order chi connectivity index (χ1) is 22.4. The quantitative estimate of drug-likeness (QED) is 0.185. The highest BCUT2D eigenvalue weighted by Gasteiger charge is 2.32. The van der Waals surface area contributed by atoms with Gasteiger partial charge in [0.15, 0.2) is 0 Å². The van der Waals surface area contributed by atoms with Crippen molar-refractivity contribution in [3.05, 3.63) is 71.1 Å². The van der Waals surface area contributed by atoms with Crippen LogP contribution >= 0.6 is 11.3 Å². The van der Waals surface area contributed by atoms with Gasteiger partial charge >= 0.3 is 5.97 Å². The molecule has 1 aliphatic heterocycles. The molecule has 238 valence electrons. The number of methoxy groups -OCH3 is 1. The third kappa shape index (κ3) is 5.65. The van der Waals surface area contributed by atoms with Crippen molar-refractivity contribution < 1.29 is 24.2 Å². The Bertz CT molecular complexity index is 1920. The van der Waals surface area contributed by atoms with Crippen LogP contribution in [0, 0.1) is 0 Å². The maximum Gasteiger partial charge on any atom is 0.345 e. The van der Waals surface area contributed by atoms with E-state index >= 15 is 0 Å². The molecule has 9 nitrogen and oxygen atoms in total. The van der Waals surface area contributed by atoms with Gasteiger partial charge in [-0.25, -0.2) is 14.8 Å². The summed E-state index contributed by atoms with van der Waals surface area (Å²) in [6.45, 7) is 5.17. The lowest BCUT2D eigenvalue weighted by molar-refractivity contribution is -0.156. The number of aromatic carboxylic acids is 1. The van der Waals surface area contributed by atoms with E-state index < -0.39 is 5.97 Å². The third-order valence-electron chi connectivity index (χ3n) is 9.28. The molecule has 5 aromatic rings. The van der Waals surface area contributed by atoms with Gasteiger partial charge in [-0.3, -0.25) is 9.80 Å². The molecule has 2 aromatic carbocycles. The molecule has 46 heavy (non-hydrogen) atoms. The van der Waals surface area contributed by atoms with Gasteiger partial charge in [0, 0.05) is 30.6 Å². The molecule has 1 saturated carbocycles. The minimum Gasteiger partial charge on any atom is -0.497 e. The van der Waals surface area contributed by atoms with Gasteiger partial charge in [-0.15, -0.1) is 11.3 Å². The van der Waals surface area contributed by atoms with E-state index in [1.807, 2.05) is 42.3 Å². The highest BCUT2D eigenvalue weighted by Crippen LogP contribution is 2.48. The van der Waals surface area contributed by atoms with Gasteiger partial charge in [0.05, 0.1) is 47.4 Å². The summed E-state index contributed by atoms with van der Waals surface area (Å²) in [7, 11) is 1.66. The number of pyridine rings is 1. The molecule has 4 heterocycles. The summed E-state index contributed by atoms with van der Waals surface area (Å²) < 4.78 is 14.0. The molecule has 7 rings (SSSR count). The number of fused-ring (bicyclic) bond motifs is 2. The standard InChI is InChI=1S/C36H38N4O5S/c1-3-40(38-15-17-45-18-16-38)32(41)22-39-30-21-31(36(42)43)46-35(30)33(23-7-4-5-8-23)34(39)26-12-14-29-25(19-26)11-13-28(37-29)24-9-6-10-27(20-24)44-2/h6,9-14,19-21,23H,3-5,7-8,15-18,22H2,1-2H3,(H,42,43). The van der Waals surface area contributed by atoms with Gasteiger partial charge in [0.1, 0.15) is 17.2 Å². The molecule has 10 heteroatoms. The average Bonchev–Trinajstić information content (AvgIpc) is 3.83. The van der Waals surface area contributed by atoms with Crippen LogP contribution in [0.5, 0.6) is 5.75 Å². The zero-order chi connectivity index (χ0) is 31.8. The van der Waals surface area contributed by atoms with Crippen LogP contribution in [0.4, 0.5) is 0 Å². The Labute approximate surface area is 271 Å². The van der Waals surface area contributed by atoms with E-state index in [2.05, 4.69) is 33.8 Å². The molecule has 1 amide bonds. The van der Waals surface area contributed by atoms with E-state index in [0.717, 1.165) is 75.1 Å². The van der Waals surface area contributed by atoms with Crippen molar-refractivity contribution >= 4 is 44.3 Å². The van der Waals surface area contributed by atoms with Crippen molar-refractivity contribution in [2.75, 3.05) is 40.0 Å². The van der Waals surface area contributed by atoms with E-state index in [0.29, 0.717) is 43.6 Å². The number of benzene rings is 2. The van der Waals surface area contributed by atoms with Crippen LogP contribution in [0.15, 0.2) is 60.7 Å². The zero-order valence-corrected chi connectivity index (χ0v) is 27.0. The van der Waals surface area contributed by atoms with Crippen molar-refractivity contribution in [3.63, 3.8) is 0 Å². The number of hydrogen-bond acceptors (Lipinski definition) is 7. The number of hydrazine groups is 1. The number of ether oxygens (including phenoxy) is 2. The fraction of sp³-hybridized carbons (Fsp3) is 0.361. The van der Waals surface area contributed by atoms with Gasteiger partial charge in [-0.05, 0) is 73.2 Å². The van der Waals surface area contributed by atoms with Crippen LogP contribution in [0.2, 0.25) is 0 Å². The minimum atomic E-state index is -0.940. The molecule has 0 spiro atoms. The van der Waals surface area contributed by atoms with Crippen LogP contribution in [0.3, 0.4) is 0 Å². The third-order valence-corrected chi connectivity index (χ3v) is 10.4. The zero-order valence-electron chi connectivity index (χ0n) is 26.2. The lowest BCUT2D eigenvalue weighted by atomic mass is 9.94. The van der Waals surface area contributed by atoms with Crippen molar-refractivity contribution in [2.24, 2.45) is 0 Å². The number of rotatable bonds is 9. The minimum absolute atomic E-state index is 0.0195. The number of nitrogens with zero attached hydrogens (tertiary/aromatic N) is 4. The predicted molar refractivity (Wildman–Crippen MR) is 180 cm³/mol. The summed E-state index contributed by atoms with van der Waals surface area (Å²) >= 11 is 1.33. The second-order valence-corrected chi connectivity index (χ2v) is 13.0. The van der Waals surface area contributed by atoms with E-state index in [1.165, 1.54) is 16.9 Å². The summed E-state index contributed by atoms with van der Waals surface area (Å²) in [6, 6.07) is 20.1. The topological polar surface area (TPSA) is 97.1 Å². The van der Waals surface area contributed by atoms with Gasteiger partial charge in [0.2, 0.25) is 0 Å². The van der Waals surface area contributed by atoms with Gasteiger partial charge in [-0.2, -0.15) is 0 Å². The van der Waals surface area contributed by atoms with Gasteiger partial charge in [0.25, 0.3) is 5.91 Å². The van der Waals surface area contributed by atoms with Crippen molar-refractivity contribution in [2.45, 2.75) is 45.1 Å². The molecular formula is C36H38N4O5S. The predicted octanol–water partition coefficient (Wildman–Crippen LogP) is 7.05. The number of carboxylic acids is 1. The Hall–Kier alpha value is -4.25. The Morgan fingerprint density at radius 1 is 1.04 bits per heavy atom. The summed E-state index contributed by atoms with van der Waals surface area (Å²) in [5.41, 5.74) is 6.73. The molecule has 1 N–H and O–H groups in total. The highest BCUT2D eigenvalue weighted by atomic mass is 32.1. The number of morpholine rings is 1. The number of amides is 1. The smallest absolute Gasteiger partial charge is 0.345 e. The molecule has 2 aliphatic rings. The average molecular weight is 639 g/mol. The Kier molecular flexibility index (Phi) is 8.50. The number of likely N-dealkylation sites (N-methyl/N-ethyl adjacent to an activating group) is 1. The number of carbonyl (C=O) groups excluding carboxylic acids is 1. The fourth-order valence-corrected chi connectivity index (χ4v) is 8.21. The number of aromatic nitrogens is 2. The second kappa shape index (κ2) is 12.9. The summed E-state index contributed by atoms with van der Waals surface area (Å²) in [6.07, 6.45) is 4.38. The lowest BCUT2D eigenvalue weighted by Gasteiger charge is -2.36. The molecule has 3 aromatic heterocycles. The first kappa shape index (κ1) is 30.4. The second-order valence-electron chi connectivity index (χ2n) is 12.0. The number of hydrogen-bond donors (Lipinski definition) is 1. The fourth-order valence-electron chi connectivity index (χ4n) is 7.08. The van der Waals surface area contributed by atoms with Crippen molar-refractivity contribution in [3.8, 4) is 28.3 Å². The first-order valence-electron chi connectivity index (χ1n) is 16.0. The molecule has 2 fully saturated rings. The highest BCUT2D eigenvalue weighted by molar-refractivity contribution is 7.21. The normalized spacial score (nSPS) is 16.0. The molecular weight excluding hydrogens is 600 g/mol. The van der Waals surface area contributed by atoms with Crippen molar-refractivity contribution in [1.82, 2.24) is 19.6 Å². The maximum absolute atomic E-state index is 14.1. The van der Waals surface area contributed by atoms with E-state index in [4.69, 9.17) is 14.5 Å². The Morgan fingerprint density at radius 3 is 2.59 bits per heavy atom. The summed E-state index contributed by atoms with van der Waals surface area (Å²) in [5.74, 6) is 0.129. The maximum atomic E-state index is 14.1. The Balaban J connectivity index is 1.36. The molecule has 0 bridgehead atoms. The van der Waals surface area contributed by atoms with E-state index in [9.17, 15) is 14.7 Å². The lowest BCUT2D eigenvalue weighted by Crippen LogP contribution is -2.52. The van der Waals surface area contributed by atoms with Crippen LogP contribution in [-0.2, 0) is 16.1 Å². The van der Waals surface area contributed by atoms with Gasteiger partial charge < -0.3 is 19.1 Å². The number of carbonyl (C=O) groups is 2. The van der Waals surface area contributed by atoms with Gasteiger partial charge in [-0.1, -0.05) is 37.1 Å². The Morgan fingerprint density at radius 2 is 1.85 bits per heavy atom. The van der Waals surface area contributed by atoms with Crippen molar-refractivity contribution in [1.29, 1.82) is 0 Å². The van der Waals surface area contributed by atoms with Crippen LogP contribution < -0.4 is 4.74 Å². The van der Waals surface area contributed by atoms with E-state index in [1.54, 1.807) is 13.2 Å². The molecule has 0 radical (unpaired) electrons. The van der Waals surface area contributed by atoms with Crippen LogP contribution in [0.1, 0.15) is 53.8 Å². The summed E-state index contributed by atoms with van der Waals surface area (Å²) in [4.78, 5) is 31.5. The first-order valence-corrected chi connectivity index (χ1v) is 16.8. The number of carboxylic acid groups (broad SMARTS) is 1. The largest absolute Gasteiger partial charge is 0.497 e. The van der Waals surface area contributed by atoms with Crippen LogP contribution in [-0.4, -0.2) is 76.5 Å². The molecule has 1 saturated heterocycles. The monoisotopic (exact) mass is 638 g/mol. The SMILES string of the molecule is CCN(C(=O)Cn1c(-c2ccc3nc(-c4cccc(OC)c4)ccc3c2)c(C2CCCC2)c2sc(C(=O)O)cc21)N1CCOCC1. The molecule has 1 aliphatic carbocycles. The van der Waals surface area contributed by atoms with E-state index in [-0.39, 0.29) is 12.5 Å². The molecule has 0 unspecified atom stereocenters. The number of thiophene rings is 1. The summed E-state index contributed by atoms with van der Waals surface area (Å²) in [5, 5.41) is 14.9. The van der Waals surface area contributed by atoms with Crippen LogP contribution in [0.25, 0.3) is 43.6 Å². The molecule has 0 atom stereocenters.